The van der Waals surface area contributed by atoms with Gasteiger partial charge >= 0.3 is 0 Å². The van der Waals surface area contributed by atoms with Crippen LogP contribution in [0.15, 0.2) is 79.0 Å². The number of carbonyl (C=O) groups excluding carboxylic acids is 1. The van der Waals surface area contributed by atoms with E-state index in [-0.39, 0.29) is 5.91 Å². The summed E-state index contributed by atoms with van der Waals surface area (Å²) in [6.07, 6.45) is 1.78. The molecule has 0 aliphatic carbocycles. The van der Waals surface area contributed by atoms with Crippen LogP contribution in [0.1, 0.15) is 21.5 Å². The topological polar surface area (TPSA) is 56.2 Å². The largest absolute Gasteiger partial charge is 0.487 e. The summed E-state index contributed by atoms with van der Waals surface area (Å²) >= 11 is 18.1. The minimum Gasteiger partial charge on any atom is -0.487 e. The Bertz CT molecular complexity index is 1260. The molecule has 0 aliphatic heterocycles. The fourth-order valence-corrected chi connectivity index (χ4v) is 3.57. The first-order chi connectivity index (χ1) is 15.5. The minimum atomic E-state index is -0.260. The predicted octanol–water partition coefficient (Wildman–Crippen LogP) is 6.72. The van der Waals surface area contributed by atoms with Gasteiger partial charge in [-0.3, -0.25) is 9.48 Å². The second-order valence-corrected chi connectivity index (χ2v) is 8.24. The number of para-hydroxylation sites is 1. The molecule has 0 radical (unpaired) electrons. The summed E-state index contributed by atoms with van der Waals surface area (Å²) in [5.74, 6) is 0.786. The van der Waals surface area contributed by atoms with Gasteiger partial charge in [-0.15, -0.1) is 0 Å². The first-order valence-corrected chi connectivity index (χ1v) is 10.9. The van der Waals surface area contributed by atoms with Gasteiger partial charge in [0.05, 0.1) is 21.6 Å². The summed E-state index contributed by atoms with van der Waals surface area (Å²) in [5.41, 5.74) is 2.30. The Labute approximate surface area is 200 Å². The Kier molecular flexibility index (Phi) is 7.00. The van der Waals surface area contributed by atoms with Crippen molar-refractivity contribution in [2.75, 3.05) is 5.32 Å². The molecule has 0 unspecified atom stereocenters. The molecule has 1 amide bonds. The first kappa shape index (κ1) is 22.2. The number of benzene rings is 3. The van der Waals surface area contributed by atoms with Crippen LogP contribution < -0.4 is 10.1 Å². The van der Waals surface area contributed by atoms with Crippen LogP contribution in [-0.2, 0) is 13.2 Å². The Morgan fingerprint density at radius 3 is 2.53 bits per heavy atom. The highest BCUT2D eigenvalue weighted by molar-refractivity contribution is 6.42. The van der Waals surface area contributed by atoms with Gasteiger partial charge in [-0.05, 0) is 47.5 Å². The number of halogens is 3. The quantitative estimate of drug-likeness (QED) is 0.315. The third-order valence-corrected chi connectivity index (χ3v) is 5.68. The lowest BCUT2D eigenvalue weighted by molar-refractivity contribution is 0.102. The Morgan fingerprint density at radius 1 is 0.875 bits per heavy atom. The molecule has 0 saturated carbocycles. The molecule has 1 N–H and O–H groups in total. The van der Waals surface area contributed by atoms with Crippen LogP contribution in [0.25, 0.3) is 0 Å². The number of hydrogen-bond donors (Lipinski definition) is 1. The van der Waals surface area contributed by atoms with E-state index in [0.717, 1.165) is 11.1 Å². The SMILES string of the molecule is O=C(Nc1ccn(Cc2ccc(Cl)c(Cl)c2)n1)c1cccc(COc2ccccc2Cl)c1. The maximum absolute atomic E-state index is 12.7. The van der Waals surface area contributed by atoms with Crippen molar-refractivity contribution < 1.29 is 9.53 Å². The first-order valence-electron chi connectivity index (χ1n) is 9.73. The fourth-order valence-electron chi connectivity index (χ4n) is 3.06. The van der Waals surface area contributed by atoms with Crippen LogP contribution in [0.4, 0.5) is 5.82 Å². The lowest BCUT2D eigenvalue weighted by atomic mass is 10.1. The van der Waals surface area contributed by atoms with Crippen LogP contribution in [0.5, 0.6) is 5.75 Å². The second-order valence-electron chi connectivity index (χ2n) is 7.02. The van der Waals surface area contributed by atoms with Crippen LogP contribution >= 0.6 is 34.8 Å². The summed E-state index contributed by atoms with van der Waals surface area (Å²) in [4.78, 5) is 12.7. The molecule has 5 nitrogen and oxygen atoms in total. The van der Waals surface area contributed by atoms with Gasteiger partial charge in [0, 0.05) is 17.8 Å². The van der Waals surface area contributed by atoms with E-state index in [1.165, 1.54) is 0 Å². The van der Waals surface area contributed by atoms with Crippen LogP contribution in [0.2, 0.25) is 15.1 Å². The van der Waals surface area contributed by atoms with Gasteiger partial charge in [-0.2, -0.15) is 5.10 Å². The molecule has 0 saturated heterocycles. The van der Waals surface area contributed by atoms with Gasteiger partial charge in [0.15, 0.2) is 5.82 Å². The highest BCUT2D eigenvalue weighted by Gasteiger charge is 2.10. The highest BCUT2D eigenvalue weighted by atomic mass is 35.5. The van der Waals surface area contributed by atoms with Crippen molar-refractivity contribution in [2.24, 2.45) is 0 Å². The number of rotatable bonds is 7. The lowest BCUT2D eigenvalue weighted by Crippen LogP contribution is -2.13. The summed E-state index contributed by atoms with van der Waals surface area (Å²) in [5, 5.41) is 8.75. The highest BCUT2D eigenvalue weighted by Crippen LogP contribution is 2.25. The normalized spacial score (nSPS) is 10.7. The standard InChI is InChI=1S/C24H18Cl3N3O2/c25-19-9-8-16(13-21(19)27)14-30-11-10-23(29-30)28-24(31)18-5-3-4-17(12-18)15-32-22-7-2-1-6-20(22)26/h1-13H,14-15H2,(H,28,29,31). The number of hydrogen-bond acceptors (Lipinski definition) is 3. The molecule has 162 valence electrons. The smallest absolute Gasteiger partial charge is 0.256 e. The molecule has 1 heterocycles. The van der Waals surface area contributed by atoms with Gasteiger partial charge < -0.3 is 10.1 Å². The predicted molar refractivity (Wildman–Crippen MR) is 128 cm³/mol. The number of anilines is 1. The van der Waals surface area contributed by atoms with Crippen LogP contribution in [0.3, 0.4) is 0 Å². The summed E-state index contributed by atoms with van der Waals surface area (Å²) in [6.45, 7) is 0.796. The third kappa shape index (κ3) is 5.62. The van der Waals surface area contributed by atoms with Gasteiger partial charge in [-0.25, -0.2) is 0 Å². The Morgan fingerprint density at radius 2 is 1.72 bits per heavy atom. The molecular weight excluding hydrogens is 469 g/mol. The molecule has 8 heteroatoms. The average molecular weight is 487 g/mol. The Hall–Kier alpha value is -2.99. The van der Waals surface area contributed by atoms with Crippen molar-refractivity contribution in [1.82, 2.24) is 9.78 Å². The van der Waals surface area contributed by atoms with E-state index in [4.69, 9.17) is 39.5 Å². The fraction of sp³-hybridized carbons (Fsp3) is 0.0833. The molecule has 3 aromatic carbocycles. The molecule has 4 aromatic rings. The zero-order valence-corrected chi connectivity index (χ0v) is 19.0. The van der Waals surface area contributed by atoms with E-state index < -0.39 is 0 Å². The van der Waals surface area contributed by atoms with Crippen molar-refractivity contribution in [3.8, 4) is 5.75 Å². The van der Waals surface area contributed by atoms with Gasteiger partial charge in [0.1, 0.15) is 12.4 Å². The summed E-state index contributed by atoms with van der Waals surface area (Å²) in [7, 11) is 0. The number of ether oxygens (including phenoxy) is 1. The number of amides is 1. The van der Waals surface area contributed by atoms with Crippen molar-refractivity contribution in [3.05, 3.63) is 111 Å². The molecule has 4 rings (SSSR count). The molecule has 1 aromatic heterocycles. The molecule has 0 atom stereocenters. The molecular formula is C24H18Cl3N3O2. The molecule has 0 spiro atoms. The maximum Gasteiger partial charge on any atom is 0.256 e. The number of nitrogens with zero attached hydrogens (tertiary/aromatic N) is 2. The zero-order valence-electron chi connectivity index (χ0n) is 16.8. The van der Waals surface area contributed by atoms with E-state index in [1.807, 2.05) is 30.3 Å². The number of carbonyl (C=O) groups is 1. The van der Waals surface area contributed by atoms with Crippen molar-refractivity contribution in [1.29, 1.82) is 0 Å². The molecule has 32 heavy (non-hydrogen) atoms. The van der Waals surface area contributed by atoms with E-state index in [2.05, 4.69) is 10.4 Å². The van der Waals surface area contributed by atoms with Gasteiger partial charge in [0.2, 0.25) is 0 Å². The summed E-state index contributed by atoms with van der Waals surface area (Å²) in [6, 6.07) is 21.6. The van der Waals surface area contributed by atoms with Gasteiger partial charge in [0.25, 0.3) is 5.91 Å². The van der Waals surface area contributed by atoms with Crippen molar-refractivity contribution in [3.63, 3.8) is 0 Å². The second kappa shape index (κ2) is 10.1. The monoisotopic (exact) mass is 485 g/mol. The molecule has 0 aliphatic rings. The third-order valence-electron chi connectivity index (χ3n) is 4.63. The van der Waals surface area contributed by atoms with Crippen molar-refractivity contribution in [2.45, 2.75) is 13.2 Å². The lowest BCUT2D eigenvalue weighted by Gasteiger charge is -2.09. The number of aromatic nitrogens is 2. The van der Waals surface area contributed by atoms with E-state index >= 15 is 0 Å². The van der Waals surface area contributed by atoms with Gasteiger partial charge in [-0.1, -0.05) is 65.1 Å². The van der Waals surface area contributed by atoms with E-state index in [0.29, 0.717) is 45.4 Å². The van der Waals surface area contributed by atoms with Crippen molar-refractivity contribution >= 4 is 46.5 Å². The van der Waals surface area contributed by atoms with E-state index in [9.17, 15) is 4.79 Å². The van der Waals surface area contributed by atoms with E-state index in [1.54, 1.807) is 53.3 Å². The molecule has 0 fully saturated rings. The average Bonchev–Trinajstić information content (AvgIpc) is 3.22. The number of nitrogens with one attached hydrogen (secondary N) is 1. The van der Waals surface area contributed by atoms with Crippen LogP contribution in [0, 0.1) is 0 Å². The zero-order chi connectivity index (χ0) is 22.5. The summed E-state index contributed by atoms with van der Waals surface area (Å²) < 4.78 is 7.47. The maximum atomic E-state index is 12.7. The van der Waals surface area contributed by atoms with Crippen LogP contribution in [-0.4, -0.2) is 15.7 Å². The molecule has 0 bridgehead atoms. The Balaban J connectivity index is 1.38. The minimum absolute atomic E-state index is 0.260.